The highest BCUT2D eigenvalue weighted by molar-refractivity contribution is 6.14. The van der Waals surface area contributed by atoms with Gasteiger partial charge in [0.2, 0.25) is 0 Å². The topological polar surface area (TPSA) is 31.4 Å². The zero-order chi connectivity index (χ0) is 15.6. The minimum Gasteiger partial charge on any atom is -0.372 e. The van der Waals surface area contributed by atoms with Crippen molar-refractivity contribution in [2.24, 2.45) is 4.99 Å². The van der Waals surface area contributed by atoms with Gasteiger partial charge in [0.05, 0.1) is 12.3 Å². The molecule has 0 amide bonds. The third-order valence-corrected chi connectivity index (χ3v) is 4.35. The molecule has 0 radical (unpaired) electrons. The minimum absolute atomic E-state index is 0.818. The summed E-state index contributed by atoms with van der Waals surface area (Å²) in [4.78, 5) is 10.4. The van der Waals surface area contributed by atoms with E-state index in [-0.39, 0.29) is 0 Å². The molecular formula is C20H19N3. The highest BCUT2D eigenvalue weighted by atomic mass is 15.1. The Morgan fingerprint density at radius 3 is 2.83 bits per heavy atom. The summed E-state index contributed by atoms with van der Waals surface area (Å²) in [7, 11) is 2.13. The Balaban J connectivity index is 1.73. The van der Waals surface area contributed by atoms with Gasteiger partial charge in [0, 0.05) is 41.9 Å². The van der Waals surface area contributed by atoms with Gasteiger partial charge in [-0.25, -0.2) is 0 Å². The van der Waals surface area contributed by atoms with Gasteiger partial charge in [-0.2, -0.15) is 0 Å². The maximum Gasteiger partial charge on any atom is 0.0668 e. The molecule has 3 aromatic rings. The lowest BCUT2D eigenvalue weighted by atomic mass is 10.1. The van der Waals surface area contributed by atoms with Gasteiger partial charge < -0.3 is 9.88 Å². The van der Waals surface area contributed by atoms with Crippen molar-refractivity contribution in [1.82, 2.24) is 4.98 Å². The van der Waals surface area contributed by atoms with Crippen LogP contribution in [0.1, 0.15) is 11.1 Å². The number of aliphatic imine (C=N–C) groups is 1. The number of benzodiazepines with no additional fused rings is 1. The van der Waals surface area contributed by atoms with Crippen LogP contribution in [0.4, 0.5) is 5.69 Å². The number of hydrogen-bond donors (Lipinski definition) is 1. The maximum atomic E-state index is 4.77. The first-order valence-electron chi connectivity index (χ1n) is 7.92. The van der Waals surface area contributed by atoms with Crippen LogP contribution in [0.2, 0.25) is 0 Å². The number of aromatic amines is 1. The number of rotatable bonds is 2. The fourth-order valence-electron chi connectivity index (χ4n) is 3.09. The van der Waals surface area contributed by atoms with E-state index in [1.807, 2.05) is 6.07 Å². The van der Waals surface area contributed by atoms with Crippen LogP contribution in [0.25, 0.3) is 17.0 Å². The van der Waals surface area contributed by atoms with Crippen molar-refractivity contribution >= 4 is 28.4 Å². The van der Waals surface area contributed by atoms with E-state index in [0.29, 0.717) is 0 Å². The van der Waals surface area contributed by atoms with Crippen LogP contribution in [-0.4, -0.2) is 30.8 Å². The lowest BCUT2D eigenvalue weighted by Gasteiger charge is -2.18. The second-order valence-electron chi connectivity index (χ2n) is 5.83. The van der Waals surface area contributed by atoms with Crippen molar-refractivity contribution in [1.29, 1.82) is 0 Å². The number of fused-ring (bicyclic) bond motifs is 2. The third-order valence-electron chi connectivity index (χ3n) is 4.35. The Bertz CT molecular complexity index is 902. The molecule has 0 fully saturated rings. The van der Waals surface area contributed by atoms with Gasteiger partial charge in [0.25, 0.3) is 0 Å². The van der Waals surface area contributed by atoms with E-state index in [2.05, 4.69) is 77.7 Å². The molecule has 1 aliphatic rings. The number of nitrogens with one attached hydrogen (secondary N) is 1. The van der Waals surface area contributed by atoms with Crippen molar-refractivity contribution in [3.05, 3.63) is 71.9 Å². The molecule has 2 heterocycles. The molecule has 1 N–H and O–H groups in total. The Morgan fingerprint density at radius 2 is 1.87 bits per heavy atom. The predicted molar refractivity (Wildman–Crippen MR) is 98.4 cm³/mol. The molecule has 1 aromatic heterocycles. The van der Waals surface area contributed by atoms with Crippen LogP contribution >= 0.6 is 0 Å². The Kier molecular flexibility index (Phi) is 3.46. The number of allylic oxidation sites excluding steroid dienone is 1. The van der Waals surface area contributed by atoms with E-state index >= 15 is 0 Å². The predicted octanol–water partition coefficient (Wildman–Crippen LogP) is 4.12. The van der Waals surface area contributed by atoms with Gasteiger partial charge in [-0.05, 0) is 23.8 Å². The first kappa shape index (κ1) is 13.8. The van der Waals surface area contributed by atoms with Crippen LogP contribution in [0.15, 0.2) is 65.8 Å². The molecule has 0 aliphatic carbocycles. The monoisotopic (exact) mass is 301 g/mol. The summed E-state index contributed by atoms with van der Waals surface area (Å²) in [6.07, 6.45) is 6.34. The van der Waals surface area contributed by atoms with Crippen molar-refractivity contribution in [2.75, 3.05) is 25.0 Å². The van der Waals surface area contributed by atoms with E-state index in [1.54, 1.807) is 0 Å². The third kappa shape index (κ3) is 2.55. The molecule has 4 rings (SSSR count). The molecule has 0 bridgehead atoms. The van der Waals surface area contributed by atoms with Gasteiger partial charge in [-0.1, -0.05) is 42.5 Å². The number of nitrogens with zero attached hydrogens (tertiary/aromatic N) is 2. The molecule has 1 aliphatic heterocycles. The van der Waals surface area contributed by atoms with E-state index < -0.39 is 0 Å². The largest absolute Gasteiger partial charge is 0.372 e. The Labute approximate surface area is 136 Å². The average molecular weight is 301 g/mol. The minimum atomic E-state index is 0.818. The van der Waals surface area contributed by atoms with E-state index in [0.717, 1.165) is 24.3 Å². The molecule has 0 unspecified atom stereocenters. The van der Waals surface area contributed by atoms with Crippen LogP contribution < -0.4 is 4.90 Å². The smallest absolute Gasteiger partial charge is 0.0668 e. The number of para-hydroxylation sites is 2. The van der Waals surface area contributed by atoms with Gasteiger partial charge in [0.15, 0.2) is 0 Å². The molecule has 114 valence electrons. The highest BCUT2D eigenvalue weighted by Gasteiger charge is 2.13. The van der Waals surface area contributed by atoms with Gasteiger partial charge >= 0.3 is 0 Å². The van der Waals surface area contributed by atoms with Crippen molar-refractivity contribution in [2.45, 2.75) is 0 Å². The van der Waals surface area contributed by atoms with Crippen LogP contribution in [0, 0.1) is 0 Å². The van der Waals surface area contributed by atoms with Gasteiger partial charge in [0.1, 0.15) is 0 Å². The van der Waals surface area contributed by atoms with E-state index in [4.69, 9.17) is 4.99 Å². The summed E-state index contributed by atoms with van der Waals surface area (Å²) in [6.45, 7) is 1.76. The lowest BCUT2D eigenvalue weighted by molar-refractivity contribution is 0.897. The fraction of sp³-hybridized carbons (Fsp3) is 0.150. The lowest BCUT2D eigenvalue weighted by Crippen LogP contribution is -2.20. The number of hydrogen-bond acceptors (Lipinski definition) is 2. The number of anilines is 1. The van der Waals surface area contributed by atoms with Crippen molar-refractivity contribution in [3.63, 3.8) is 0 Å². The van der Waals surface area contributed by atoms with Crippen LogP contribution in [0.3, 0.4) is 0 Å². The molecule has 2 aromatic carbocycles. The molecule has 23 heavy (non-hydrogen) atoms. The van der Waals surface area contributed by atoms with Crippen LogP contribution in [0.5, 0.6) is 0 Å². The van der Waals surface area contributed by atoms with Gasteiger partial charge in [-0.15, -0.1) is 0 Å². The first-order chi connectivity index (χ1) is 11.3. The number of aromatic nitrogens is 1. The normalized spacial score (nSPS) is 14.8. The Hall–Kier alpha value is -2.81. The molecule has 3 heteroatoms. The zero-order valence-electron chi connectivity index (χ0n) is 13.2. The van der Waals surface area contributed by atoms with Gasteiger partial charge in [-0.3, -0.25) is 4.99 Å². The molecule has 0 atom stereocenters. The number of H-pyrrole nitrogens is 1. The summed E-state index contributed by atoms with van der Waals surface area (Å²) in [6, 6.07) is 16.8. The maximum absolute atomic E-state index is 4.77. The van der Waals surface area contributed by atoms with Crippen molar-refractivity contribution in [3.8, 4) is 0 Å². The summed E-state index contributed by atoms with van der Waals surface area (Å²) in [5.41, 5.74) is 5.85. The highest BCUT2D eigenvalue weighted by Crippen LogP contribution is 2.24. The summed E-state index contributed by atoms with van der Waals surface area (Å²) in [5.74, 6) is 0. The Morgan fingerprint density at radius 1 is 1.04 bits per heavy atom. The molecular weight excluding hydrogens is 282 g/mol. The summed E-state index contributed by atoms with van der Waals surface area (Å²) >= 11 is 0. The standard InChI is InChI=1S/C20H19N3/c1-23-13-12-21-19(17-7-3-5-9-20(17)23)11-10-15-14-22-18-8-4-2-6-16(15)18/h2-11,14,22H,12-13H2,1H3. The van der Waals surface area contributed by atoms with Crippen molar-refractivity contribution < 1.29 is 0 Å². The fourth-order valence-corrected chi connectivity index (χ4v) is 3.09. The number of benzene rings is 2. The molecule has 0 saturated carbocycles. The second-order valence-corrected chi connectivity index (χ2v) is 5.83. The van der Waals surface area contributed by atoms with Crippen LogP contribution in [-0.2, 0) is 0 Å². The second kappa shape index (κ2) is 5.76. The zero-order valence-corrected chi connectivity index (χ0v) is 13.2. The summed E-state index contributed by atoms with van der Waals surface area (Å²) < 4.78 is 0. The molecule has 0 saturated heterocycles. The molecule has 3 nitrogen and oxygen atoms in total. The number of likely N-dealkylation sites (N-methyl/N-ethyl adjacent to an activating group) is 1. The first-order valence-corrected chi connectivity index (χ1v) is 7.92. The summed E-state index contributed by atoms with van der Waals surface area (Å²) in [5, 5.41) is 1.24. The molecule has 0 spiro atoms. The quantitative estimate of drug-likeness (QED) is 0.758. The average Bonchev–Trinajstić information content (AvgIpc) is 2.93. The van der Waals surface area contributed by atoms with E-state index in [9.17, 15) is 0 Å². The SMILES string of the molecule is CN1CCN=C(C=Cc2c[nH]c3ccccc23)c2ccccc21. The van der Waals surface area contributed by atoms with E-state index in [1.165, 1.54) is 22.2 Å².